The highest BCUT2D eigenvalue weighted by Gasteiger charge is 2.21. The number of nitrogens with zero attached hydrogens (tertiary/aromatic N) is 1. The predicted octanol–water partition coefficient (Wildman–Crippen LogP) is 3.85. The molecule has 1 amide bonds. The molecule has 2 aliphatic rings. The van der Waals surface area contributed by atoms with Gasteiger partial charge in [0, 0.05) is 42.5 Å². The highest BCUT2D eigenvalue weighted by molar-refractivity contribution is 7.99. The number of thioether (sulfide) groups is 1. The number of halogens is 1. The molecule has 2 heterocycles. The molecule has 6 heteroatoms. The van der Waals surface area contributed by atoms with Crippen LogP contribution in [0.3, 0.4) is 0 Å². The SMILES string of the molecule is O=C(NC[C@H]1CCCO1)c1ccc2c(c1)N(Cc1ccc(F)cc1)CCS2. The van der Waals surface area contributed by atoms with E-state index in [9.17, 15) is 9.18 Å². The Bertz CT molecular complexity index is 806. The van der Waals surface area contributed by atoms with Crippen molar-refractivity contribution in [2.75, 3.05) is 30.3 Å². The van der Waals surface area contributed by atoms with Crippen molar-refractivity contribution in [3.63, 3.8) is 0 Å². The van der Waals surface area contributed by atoms with Crippen molar-refractivity contribution < 1.29 is 13.9 Å². The highest BCUT2D eigenvalue weighted by Crippen LogP contribution is 2.36. The second kappa shape index (κ2) is 8.31. The molecule has 2 aromatic carbocycles. The fourth-order valence-corrected chi connectivity index (χ4v) is 4.53. The Morgan fingerprint density at radius 2 is 2.11 bits per heavy atom. The average Bonchev–Trinajstić information content (AvgIpc) is 3.21. The zero-order chi connectivity index (χ0) is 18.6. The molecule has 0 aliphatic carbocycles. The maximum Gasteiger partial charge on any atom is 0.251 e. The largest absolute Gasteiger partial charge is 0.376 e. The third-order valence-corrected chi connectivity index (χ3v) is 6.02. The fraction of sp³-hybridized carbons (Fsp3) is 0.381. The van der Waals surface area contributed by atoms with E-state index in [4.69, 9.17) is 4.74 Å². The molecule has 0 unspecified atom stereocenters. The monoisotopic (exact) mass is 386 g/mol. The molecule has 1 atom stereocenters. The van der Waals surface area contributed by atoms with Crippen LogP contribution in [0.1, 0.15) is 28.8 Å². The molecular formula is C21H23FN2O2S. The second-order valence-electron chi connectivity index (χ2n) is 6.92. The number of ether oxygens (including phenoxy) is 1. The number of carbonyl (C=O) groups is 1. The number of benzene rings is 2. The number of anilines is 1. The number of hydrogen-bond donors (Lipinski definition) is 1. The van der Waals surface area contributed by atoms with Gasteiger partial charge in [0.05, 0.1) is 11.8 Å². The molecule has 1 N–H and O–H groups in total. The number of amides is 1. The van der Waals surface area contributed by atoms with Gasteiger partial charge in [-0.25, -0.2) is 4.39 Å². The minimum atomic E-state index is -0.224. The van der Waals surface area contributed by atoms with Gasteiger partial charge in [0.1, 0.15) is 5.82 Å². The van der Waals surface area contributed by atoms with Crippen molar-refractivity contribution in [1.82, 2.24) is 5.32 Å². The summed E-state index contributed by atoms with van der Waals surface area (Å²) in [5.41, 5.74) is 2.79. The standard InChI is InChI=1S/C21H23FN2O2S/c22-17-6-3-15(4-7-17)14-24-9-11-27-20-8-5-16(12-19(20)24)21(25)23-13-18-2-1-10-26-18/h3-8,12,18H,1-2,9-11,13-14H2,(H,23,25)/t18-/m1/s1. The van der Waals surface area contributed by atoms with E-state index in [0.717, 1.165) is 43.0 Å². The van der Waals surface area contributed by atoms with Crippen LogP contribution >= 0.6 is 11.8 Å². The summed E-state index contributed by atoms with van der Waals surface area (Å²) < 4.78 is 18.7. The first-order valence-corrected chi connectivity index (χ1v) is 10.3. The lowest BCUT2D eigenvalue weighted by molar-refractivity contribution is 0.0857. The molecule has 0 spiro atoms. The molecule has 2 aromatic rings. The quantitative estimate of drug-likeness (QED) is 0.848. The summed E-state index contributed by atoms with van der Waals surface area (Å²) >= 11 is 1.81. The third kappa shape index (κ3) is 4.45. The van der Waals surface area contributed by atoms with Crippen LogP contribution in [-0.4, -0.2) is 37.5 Å². The Morgan fingerprint density at radius 1 is 1.26 bits per heavy atom. The molecule has 27 heavy (non-hydrogen) atoms. The summed E-state index contributed by atoms with van der Waals surface area (Å²) in [6.45, 7) is 2.95. The summed E-state index contributed by atoms with van der Waals surface area (Å²) in [6.07, 6.45) is 2.21. The molecule has 4 rings (SSSR count). The maximum atomic E-state index is 13.2. The summed E-state index contributed by atoms with van der Waals surface area (Å²) in [6, 6.07) is 12.5. The first-order chi connectivity index (χ1) is 13.2. The first kappa shape index (κ1) is 18.3. The zero-order valence-electron chi connectivity index (χ0n) is 15.1. The van der Waals surface area contributed by atoms with Crippen LogP contribution in [0, 0.1) is 5.82 Å². The summed E-state index contributed by atoms with van der Waals surface area (Å²) in [7, 11) is 0. The third-order valence-electron chi connectivity index (χ3n) is 4.98. The molecule has 0 bridgehead atoms. The number of carbonyl (C=O) groups excluding carboxylic acids is 1. The van der Waals surface area contributed by atoms with Crippen LogP contribution in [0.2, 0.25) is 0 Å². The minimum absolute atomic E-state index is 0.0643. The van der Waals surface area contributed by atoms with Gasteiger partial charge in [0.15, 0.2) is 0 Å². The molecule has 0 aromatic heterocycles. The van der Waals surface area contributed by atoms with Crippen LogP contribution in [0.15, 0.2) is 47.4 Å². The summed E-state index contributed by atoms with van der Waals surface area (Å²) in [5.74, 6) is 0.711. The fourth-order valence-electron chi connectivity index (χ4n) is 3.50. The molecule has 1 fully saturated rings. The van der Waals surface area contributed by atoms with E-state index in [1.807, 2.05) is 30.3 Å². The van der Waals surface area contributed by atoms with Crippen LogP contribution in [0.25, 0.3) is 0 Å². The Hall–Kier alpha value is -2.05. The Labute approximate surface area is 163 Å². The van der Waals surface area contributed by atoms with E-state index >= 15 is 0 Å². The van der Waals surface area contributed by atoms with Gasteiger partial charge < -0.3 is 15.0 Å². The van der Waals surface area contributed by atoms with Crippen LogP contribution < -0.4 is 10.2 Å². The zero-order valence-corrected chi connectivity index (χ0v) is 15.9. The van der Waals surface area contributed by atoms with Crippen molar-refractivity contribution in [3.05, 3.63) is 59.4 Å². The van der Waals surface area contributed by atoms with E-state index in [1.54, 1.807) is 11.8 Å². The van der Waals surface area contributed by atoms with Gasteiger partial charge in [0.2, 0.25) is 0 Å². The average molecular weight is 386 g/mol. The number of nitrogens with one attached hydrogen (secondary N) is 1. The lowest BCUT2D eigenvalue weighted by Crippen LogP contribution is -2.32. The van der Waals surface area contributed by atoms with Crippen molar-refractivity contribution in [2.24, 2.45) is 0 Å². The smallest absolute Gasteiger partial charge is 0.251 e. The van der Waals surface area contributed by atoms with Gasteiger partial charge in [-0.2, -0.15) is 0 Å². The minimum Gasteiger partial charge on any atom is -0.376 e. The molecular weight excluding hydrogens is 363 g/mol. The number of fused-ring (bicyclic) bond motifs is 1. The van der Waals surface area contributed by atoms with E-state index in [0.29, 0.717) is 18.7 Å². The number of rotatable bonds is 5. The maximum absolute atomic E-state index is 13.2. The summed E-state index contributed by atoms with van der Waals surface area (Å²) in [5, 5.41) is 2.99. The van der Waals surface area contributed by atoms with E-state index < -0.39 is 0 Å². The van der Waals surface area contributed by atoms with Gasteiger partial charge in [0.25, 0.3) is 5.91 Å². The van der Waals surface area contributed by atoms with Gasteiger partial charge in [-0.3, -0.25) is 4.79 Å². The van der Waals surface area contributed by atoms with Gasteiger partial charge in [-0.1, -0.05) is 12.1 Å². The van der Waals surface area contributed by atoms with Crippen LogP contribution in [-0.2, 0) is 11.3 Å². The normalized spacial score (nSPS) is 19.0. The molecule has 1 saturated heterocycles. The predicted molar refractivity (Wildman–Crippen MR) is 106 cm³/mol. The topological polar surface area (TPSA) is 41.6 Å². The second-order valence-corrected chi connectivity index (χ2v) is 8.06. The van der Waals surface area contributed by atoms with Crippen molar-refractivity contribution in [2.45, 2.75) is 30.4 Å². The van der Waals surface area contributed by atoms with E-state index in [-0.39, 0.29) is 17.8 Å². The lowest BCUT2D eigenvalue weighted by Gasteiger charge is -2.31. The van der Waals surface area contributed by atoms with E-state index in [2.05, 4.69) is 10.2 Å². The molecule has 0 saturated carbocycles. The Morgan fingerprint density at radius 3 is 2.89 bits per heavy atom. The van der Waals surface area contributed by atoms with Gasteiger partial charge in [-0.15, -0.1) is 11.8 Å². The van der Waals surface area contributed by atoms with Gasteiger partial charge in [-0.05, 0) is 48.7 Å². The Balaban J connectivity index is 1.48. The van der Waals surface area contributed by atoms with Crippen LogP contribution in [0.4, 0.5) is 10.1 Å². The van der Waals surface area contributed by atoms with E-state index in [1.165, 1.54) is 17.0 Å². The van der Waals surface area contributed by atoms with Crippen molar-refractivity contribution in [3.8, 4) is 0 Å². The van der Waals surface area contributed by atoms with Crippen molar-refractivity contribution in [1.29, 1.82) is 0 Å². The molecule has 2 aliphatic heterocycles. The molecule has 0 radical (unpaired) electrons. The molecule has 142 valence electrons. The highest BCUT2D eigenvalue weighted by atomic mass is 32.2. The first-order valence-electron chi connectivity index (χ1n) is 9.35. The van der Waals surface area contributed by atoms with Crippen molar-refractivity contribution >= 4 is 23.4 Å². The summed E-state index contributed by atoms with van der Waals surface area (Å²) in [4.78, 5) is 16.0. The number of hydrogen-bond acceptors (Lipinski definition) is 4. The van der Waals surface area contributed by atoms with Gasteiger partial charge >= 0.3 is 0 Å². The molecule has 4 nitrogen and oxygen atoms in total. The van der Waals surface area contributed by atoms with Crippen LogP contribution in [0.5, 0.6) is 0 Å². The Kier molecular flexibility index (Phi) is 5.64. The lowest BCUT2D eigenvalue weighted by atomic mass is 10.1.